The number of amides is 1. The van der Waals surface area contributed by atoms with Crippen molar-refractivity contribution >= 4 is 47.3 Å². The number of carbonyl (C=O) groups excluding carboxylic acids is 1. The van der Waals surface area contributed by atoms with Gasteiger partial charge in [-0.15, -0.1) is 24.0 Å². The summed E-state index contributed by atoms with van der Waals surface area (Å²) < 4.78 is 1.71. The molecule has 0 aromatic carbocycles. The molecule has 2 fully saturated rings. The molecule has 180 valence electrons. The first-order valence-electron chi connectivity index (χ1n) is 11.2. The minimum absolute atomic E-state index is 0. The Morgan fingerprint density at radius 3 is 2.61 bits per heavy atom. The molecular formula is C22H34IN9O. The van der Waals surface area contributed by atoms with Gasteiger partial charge in [-0.3, -0.25) is 14.5 Å². The third kappa shape index (κ3) is 6.14. The minimum atomic E-state index is 0. The fraction of sp³-hybridized carbons (Fsp3) is 0.545. The molecule has 10 nitrogen and oxygen atoms in total. The lowest BCUT2D eigenvalue weighted by Gasteiger charge is -2.35. The fourth-order valence-electron chi connectivity index (χ4n) is 4.22. The van der Waals surface area contributed by atoms with Crippen molar-refractivity contribution < 1.29 is 4.79 Å². The van der Waals surface area contributed by atoms with Crippen LogP contribution in [0.25, 0.3) is 0 Å². The van der Waals surface area contributed by atoms with Crippen molar-refractivity contribution in [1.82, 2.24) is 29.9 Å². The van der Waals surface area contributed by atoms with Crippen LogP contribution < -0.4 is 15.1 Å². The smallest absolute Gasteiger partial charge is 0.246 e. The number of hydrogen-bond acceptors (Lipinski definition) is 6. The third-order valence-electron chi connectivity index (χ3n) is 6.14. The molecule has 2 aliphatic heterocycles. The molecule has 2 aromatic heterocycles. The van der Waals surface area contributed by atoms with Gasteiger partial charge in [0.2, 0.25) is 5.91 Å². The summed E-state index contributed by atoms with van der Waals surface area (Å²) in [5.41, 5.74) is 1.98. The molecule has 0 unspecified atom stereocenters. The first kappa shape index (κ1) is 25.2. The molecule has 0 atom stereocenters. The maximum atomic E-state index is 12.7. The Morgan fingerprint density at radius 1 is 1.18 bits per heavy atom. The highest BCUT2D eigenvalue weighted by molar-refractivity contribution is 14.0. The van der Waals surface area contributed by atoms with Gasteiger partial charge >= 0.3 is 0 Å². The van der Waals surface area contributed by atoms with Gasteiger partial charge in [0.1, 0.15) is 12.4 Å². The van der Waals surface area contributed by atoms with Gasteiger partial charge in [0, 0.05) is 72.3 Å². The van der Waals surface area contributed by atoms with Crippen LogP contribution in [0.5, 0.6) is 0 Å². The first-order chi connectivity index (χ1) is 15.6. The van der Waals surface area contributed by atoms with E-state index in [0.29, 0.717) is 19.6 Å². The van der Waals surface area contributed by atoms with E-state index in [-0.39, 0.29) is 36.4 Å². The zero-order chi connectivity index (χ0) is 22.5. The monoisotopic (exact) mass is 567 g/mol. The molecule has 1 amide bonds. The second kappa shape index (κ2) is 11.6. The Balaban J connectivity index is 0.00000306. The highest BCUT2D eigenvalue weighted by Gasteiger charge is 2.27. The molecule has 0 radical (unpaired) electrons. The summed E-state index contributed by atoms with van der Waals surface area (Å²) in [6.45, 7) is 9.71. The second-order valence-electron chi connectivity index (χ2n) is 8.18. The van der Waals surface area contributed by atoms with Crippen LogP contribution in [0.2, 0.25) is 0 Å². The van der Waals surface area contributed by atoms with Crippen molar-refractivity contribution in [2.45, 2.75) is 13.5 Å². The molecule has 1 N–H and O–H groups in total. The SMILES string of the molecule is CCN1CCN(c2cc(CNC(=NC)N3CCN(c4cnn(C)c4)C(=O)C3)ccn2)CC1.I. The molecule has 2 aromatic rings. The minimum Gasteiger partial charge on any atom is -0.354 e. The number of hydrogen-bond donors (Lipinski definition) is 1. The van der Waals surface area contributed by atoms with E-state index in [1.165, 1.54) is 0 Å². The molecular weight excluding hydrogens is 533 g/mol. The van der Waals surface area contributed by atoms with Gasteiger partial charge in [0.25, 0.3) is 0 Å². The lowest BCUT2D eigenvalue weighted by Crippen LogP contribution is -2.55. The summed E-state index contributed by atoms with van der Waals surface area (Å²) in [6, 6.07) is 4.17. The Morgan fingerprint density at radius 2 is 1.97 bits per heavy atom. The number of aliphatic imine (C=N–C) groups is 1. The van der Waals surface area contributed by atoms with Crippen LogP contribution in [0, 0.1) is 0 Å². The second-order valence-corrected chi connectivity index (χ2v) is 8.18. The van der Waals surface area contributed by atoms with Gasteiger partial charge in [-0.2, -0.15) is 5.10 Å². The van der Waals surface area contributed by atoms with Gasteiger partial charge in [0.05, 0.1) is 11.9 Å². The van der Waals surface area contributed by atoms with Gasteiger partial charge in [-0.1, -0.05) is 6.92 Å². The summed E-state index contributed by atoms with van der Waals surface area (Å²) in [4.78, 5) is 30.3. The van der Waals surface area contributed by atoms with E-state index >= 15 is 0 Å². The van der Waals surface area contributed by atoms with Gasteiger partial charge in [0.15, 0.2) is 5.96 Å². The Hall–Kier alpha value is -2.41. The fourth-order valence-corrected chi connectivity index (χ4v) is 4.22. The van der Waals surface area contributed by atoms with Crippen LogP contribution in [-0.4, -0.2) is 95.8 Å². The van der Waals surface area contributed by atoms with Crippen LogP contribution in [0.15, 0.2) is 35.7 Å². The summed E-state index contributed by atoms with van der Waals surface area (Å²) in [7, 11) is 3.61. The Bertz CT molecular complexity index is 955. The highest BCUT2D eigenvalue weighted by atomic mass is 127. The quantitative estimate of drug-likeness (QED) is 0.328. The van der Waals surface area contributed by atoms with Crippen LogP contribution >= 0.6 is 24.0 Å². The van der Waals surface area contributed by atoms with E-state index in [4.69, 9.17) is 0 Å². The predicted molar refractivity (Wildman–Crippen MR) is 141 cm³/mol. The molecule has 4 rings (SSSR count). The number of halogens is 1. The molecule has 0 spiro atoms. The molecule has 0 saturated carbocycles. The van der Waals surface area contributed by atoms with Crippen LogP contribution in [0.1, 0.15) is 12.5 Å². The largest absolute Gasteiger partial charge is 0.354 e. The normalized spacial score (nSPS) is 17.8. The van der Waals surface area contributed by atoms with Crippen molar-refractivity contribution in [1.29, 1.82) is 0 Å². The van der Waals surface area contributed by atoms with E-state index in [0.717, 1.165) is 55.8 Å². The summed E-state index contributed by atoms with van der Waals surface area (Å²) in [6.07, 6.45) is 5.46. The Kier molecular flexibility index (Phi) is 8.89. The molecule has 2 aliphatic rings. The molecule has 0 bridgehead atoms. The van der Waals surface area contributed by atoms with Gasteiger partial charge in [-0.05, 0) is 24.2 Å². The number of guanidine groups is 1. The predicted octanol–water partition coefficient (Wildman–Crippen LogP) is 0.999. The third-order valence-corrected chi connectivity index (χ3v) is 6.14. The average Bonchev–Trinajstić information content (AvgIpc) is 3.25. The van der Waals surface area contributed by atoms with E-state index < -0.39 is 0 Å². The lowest BCUT2D eigenvalue weighted by molar-refractivity contribution is -0.120. The van der Waals surface area contributed by atoms with Crippen molar-refractivity contribution in [3.63, 3.8) is 0 Å². The number of piperazine rings is 2. The van der Waals surface area contributed by atoms with Crippen LogP contribution in [-0.2, 0) is 18.4 Å². The Labute approximate surface area is 212 Å². The molecule has 2 saturated heterocycles. The zero-order valence-corrected chi connectivity index (χ0v) is 22.0. The van der Waals surface area contributed by atoms with Crippen molar-refractivity contribution in [2.24, 2.45) is 12.0 Å². The van der Waals surface area contributed by atoms with Crippen molar-refractivity contribution in [3.05, 3.63) is 36.3 Å². The number of likely N-dealkylation sites (N-methyl/N-ethyl adjacent to an activating group) is 1. The van der Waals surface area contributed by atoms with E-state index in [9.17, 15) is 4.79 Å². The number of anilines is 2. The molecule has 0 aliphatic carbocycles. The standard InChI is InChI=1S/C22H33N9O.HI/c1-4-28-7-9-29(10-8-28)20-13-18(5-6-24-20)14-25-22(23-2)30-11-12-31(21(32)17-30)19-15-26-27(3)16-19;/h5-6,13,15-16H,4,7-12,14,17H2,1-3H3,(H,23,25);1H. The molecule has 4 heterocycles. The molecule has 11 heteroatoms. The first-order valence-corrected chi connectivity index (χ1v) is 11.2. The maximum absolute atomic E-state index is 12.7. The number of nitrogens with one attached hydrogen (secondary N) is 1. The summed E-state index contributed by atoms with van der Waals surface area (Å²) in [5.74, 6) is 1.80. The van der Waals surface area contributed by atoms with Gasteiger partial charge in [-0.25, -0.2) is 4.98 Å². The van der Waals surface area contributed by atoms with E-state index in [1.807, 2.05) is 30.4 Å². The van der Waals surface area contributed by atoms with Crippen molar-refractivity contribution in [2.75, 3.05) is 69.2 Å². The van der Waals surface area contributed by atoms with Crippen LogP contribution in [0.4, 0.5) is 11.5 Å². The maximum Gasteiger partial charge on any atom is 0.246 e. The van der Waals surface area contributed by atoms with Gasteiger partial charge < -0.3 is 24.9 Å². The van der Waals surface area contributed by atoms with Crippen LogP contribution in [0.3, 0.4) is 0 Å². The molecule has 33 heavy (non-hydrogen) atoms. The topological polar surface area (TPSA) is 85.1 Å². The zero-order valence-electron chi connectivity index (χ0n) is 19.6. The number of carbonyl (C=O) groups is 1. The average molecular weight is 567 g/mol. The summed E-state index contributed by atoms with van der Waals surface area (Å²) in [5, 5.41) is 7.59. The summed E-state index contributed by atoms with van der Waals surface area (Å²) >= 11 is 0. The number of pyridine rings is 1. The van der Waals surface area contributed by atoms with Crippen molar-refractivity contribution in [3.8, 4) is 0 Å². The number of nitrogens with zero attached hydrogens (tertiary/aromatic N) is 8. The van der Waals surface area contributed by atoms with E-state index in [1.54, 1.807) is 22.8 Å². The van der Waals surface area contributed by atoms with E-state index in [2.05, 4.69) is 43.2 Å². The number of aryl methyl sites for hydroxylation is 1. The number of aromatic nitrogens is 3. The lowest BCUT2D eigenvalue weighted by atomic mass is 10.2. The highest BCUT2D eigenvalue weighted by Crippen LogP contribution is 2.17. The number of rotatable bonds is 5.